The molecule has 2 aromatic rings. The van der Waals surface area contributed by atoms with E-state index in [0.29, 0.717) is 6.10 Å². The highest BCUT2D eigenvalue weighted by atomic mass is 16.5. The van der Waals surface area contributed by atoms with Crippen molar-refractivity contribution >= 4 is 5.95 Å². The largest absolute Gasteiger partial charge is 0.376 e. The summed E-state index contributed by atoms with van der Waals surface area (Å²) in [7, 11) is 0. The molecule has 0 N–H and O–H groups in total. The molecule has 0 bridgehead atoms. The Balaban J connectivity index is 1.38. The normalized spacial score (nSPS) is 18.1. The predicted octanol–water partition coefficient (Wildman–Crippen LogP) is 2.70. The average Bonchev–Trinajstić information content (AvgIpc) is 3.02. The molecule has 0 saturated carbocycles. The molecule has 1 atom stereocenters. The summed E-state index contributed by atoms with van der Waals surface area (Å²) in [4.78, 5) is 10.8. The van der Waals surface area contributed by atoms with E-state index in [4.69, 9.17) is 4.74 Å². The molecule has 3 rings (SSSR count). The fourth-order valence-electron chi connectivity index (χ4n) is 2.67. The number of aromatic nitrogens is 2. The third-order valence-electron chi connectivity index (χ3n) is 3.79. The molecule has 21 heavy (non-hydrogen) atoms. The van der Waals surface area contributed by atoms with Crippen LogP contribution in [0.1, 0.15) is 18.4 Å². The Morgan fingerprint density at radius 1 is 1.10 bits per heavy atom. The monoisotopic (exact) mass is 283 g/mol. The van der Waals surface area contributed by atoms with Crippen LogP contribution in [-0.2, 0) is 11.2 Å². The third-order valence-corrected chi connectivity index (χ3v) is 3.79. The molecule has 1 fully saturated rings. The minimum atomic E-state index is 0.310. The molecule has 0 spiro atoms. The van der Waals surface area contributed by atoms with E-state index in [2.05, 4.69) is 45.2 Å². The van der Waals surface area contributed by atoms with Gasteiger partial charge < -0.3 is 9.64 Å². The molecule has 0 unspecified atom stereocenters. The van der Waals surface area contributed by atoms with Crippen molar-refractivity contribution in [1.29, 1.82) is 0 Å². The number of hydrogen-bond acceptors (Lipinski definition) is 4. The Hall–Kier alpha value is -1.94. The van der Waals surface area contributed by atoms with Gasteiger partial charge >= 0.3 is 0 Å². The Morgan fingerprint density at radius 2 is 1.90 bits per heavy atom. The quantitative estimate of drug-likeness (QED) is 0.764. The van der Waals surface area contributed by atoms with E-state index in [1.165, 1.54) is 5.56 Å². The van der Waals surface area contributed by atoms with Gasteiger partial charge in [-0.2, -0.15) is 0 Å². The van der Waals surface area contributed by atoms with Crippen molar-refractivity contribution in [2.75, 3.05) is 24.6 Å². The van der Waals surface area contributed by atoms with Gasteiger partial charge in [0.2, 0.25) is 5.95 Å². The molecule has 0 amide bonds. The molecular weight excluding hydrogens is 262 g/mol. The van der Waals surface area contributed by atoms with Crippen LogP contribution >= 0.6 is 0 Å². The molecule has 4 heteroatoms. The van der Waals surface area contributed by atoms with Gasteiger partial charge in [0.05, 0.1) is 6.10 Å². The van der Waals surface area contributed by atoms with Crippen LogP contribution < -0.4 is 4.90 Å². The van der Waals surface area contributed by atoms with E-state index >= 15 is 0 Å². The van der Waals surface area contributed by atoms with Crippen LogP contribution in [0.25, 0.3) is 0 Å². The second-order valence-corrected chi connectivity index (χ2v) is 5.37. The van der Waals surface area contributed by atoms with Gasteiger partial charge in [-0.25, -0.2) is 9.97 Å². The maximum Gasteiger partial charge on any atom is 0.225 e. The summed E-state index contributed by atoms with van der Waals surface area (Å²) in [5, 5.41) is 0. The molecule has 1 saturated heterocycles. The second kappa shape index (κ2) is 7.18. The SMILES string of the molecule is c1ccc(CCCO[C@@H]2CCN(c3ncccn3)C2)cc1. The fraction of sp³-hybridized carbons (Fsp3) is 0.412. The van der Waals surface area contributed by atoms with Gasteiger partial charge in [-0.1, -0.05) is 30.3 Å². The van der Waals surface area contributed by atoms with Crippen LogP contribution in [-0.4, -0.2) is 35.8 Å². The first kappa shape index (κ1) is 14.0. The summed E-state index contributed by atoms with van der Waals surface area (Å²) in [5.74, 6) is 0.813. The average molecular weight is 283 g/mol. The van der Waals surface area contributed by atoms with E-state index in [1.807, 2.05) is 6.07 Å². The van der Waals surface area contributed by atoms with E-state index in [9.17, 15) is 0 Å². The summed E-state index contributed by atoms with van der Waals surface area (Å²) in [6.45, 7) is 2.70. The second-order valence-electron chi connectivity index (χ2n) is 5.37. The van der Waals surface area contributed by atoms with Gasteiger partial charge in [0.25, 0.3) is 0 Å². The minimum absolute atomic E-state index is 0.310. The molecule has 110 valence electrons. The summed E-state index contributed by atoms with van der Waals surface area (Å²) >= 11 is 0. The number of rotatable bonds is 6. The van der Waals surface area contributed by atoms with Gasteiger partial charge in [0.1, 0.15) is 0 Å². The summed E-state index contributed by atoms with van der Waals surface area (Å²) in [6.07, 6.45) is 7.10. The lowest BCUT2D eigenvalue weighted by molar-refractivity contribution is 0.0666. The van der Waals surface area contributed by atoms with Gasteiger partial charge in [-0.05, 0) is 30.9 Å². The molecule has 1 aromatic heterocycles. The zero-order valence-electron chi connectivity index (χ0n) is 12.2. The van der Waals surface area contributed by atoms with E-state index in [1.54, 1.807) is 12.4 Å². The molecule has 1 aliphatic heterocycles. The van der Waals surface area contributed by atoms with E-state index in [0.717, 1.165) is 44.9 Å². The Morgan fingerprint density at radius 3 is 2.71 bits per heavy atom. The van der Waals surface area contributed by atoms with Crippen LogP contribution in [0.2, 0.25) is 0 Å². The predicted molar refractivity (Wildman–Crippen MR) is 83.4 cm³/mol. The van der Waals surface area contributed by atoms with Crippen molar-refractivity contribution < 1.29 is 4.74 Å². The number of anilines is 1. The molecule has 4 nitrogen and oxygen atoms in total. The Kier molecular flexibility index (Phi) is 4.79. The van der Waals surface area contributed by atoms with Crippen LogP contribution in [0.5, 0.6) is 0 Å². The standard InChI is InChI=1S/C17H21N3O/c1-2-6-15(7-3-1)8-4-13-21-16-9-12-20(14-16)17-18-10-5-11-19-17/h1-3,5-7,10-11,16H,4,8-9,12-14H2/t16-/m1/s1. The van der Waals surface area contributed by atoms with Gasteiger partial charge in [-0.15, -0.1) is 0 Å². The lowest BCUT2D eigenvalue weighted by Gasteiger charge is -2.16. The highest BCUT2D eigenvalue weighted by molar-refractivity contribution is 5.30. The van der Waals surface area contributed by atoms with Gasteiger partial charge in [0.15, 0.2) is 0 Å². The lowest BCUT2D eigenvalue weighted by Crippen LogP contribution is -2.24. The Labute approximate surface area is 125 Å². The number of aryl methyl sites for hydroxylation is 1. The van der Waals surface area contributed by atoms with Crippen LogP contribution in [0.4, 0.5) is 5.95 Å². The highest BCUT2D eigenvalue weighted by Gasteiger charge is 2.24. The van der Waals surface area contributed by atoms with Crippen LogP contribution in [0.3, 0.4) is 0 Å². The first-order valence-electron chi connectivity index (χ1n) is 7.59. The molecule has 0 radical (unpaired) electrons. The lowest BCUT2D eigenvalue weighted by atomic mass is 10.1. The topological polar surface area (TPSA) is 38.2 Å². The van der Waals surface area contributed by atoms with Crippen LogP contribution in [0, 0.1) is 0 Å². The number of benzene rings is 1. The zero-order valence-corrected chi connectivity index (χ0v) is 12.2. The number of ether oxygens (including phenoxy) is 1. The summed E-state index contributed by atoms with van der Waals surface area (Å²) < 4.78 is 5.98. The molecule has 2 heterocycles. The third kappa shape index (κ3) is 4.02. The van der Waals surface area contributed by atoms with Crippen molar-refractivity contribution in [3.05, 3.63) is 54.4 Å². The van der Waals surface area contributed by atoms with E-state index in [-0.39, 0.29) is 0 Å². The van der Waals surface area contributed by atoms with E-state index < -0.39 is 0 Å². The van der Waals surface area contributed by atoms with Crippen molar-refractivity contribution in [2.24, 2.45) is 0 Å². The Bertz CT molecular complexity index is 532. The minimum Gasteiger partial charge on any atom is -0.376 e. The summed E-state index contributed by atoms with van der Waals surface area (Å²) in [6, 6.07) is 12.4. The molecule has 0 aliphatic carbocycles. The van der Waals surface area contributed by atoms with Crippen molar-refractivity contribution in [1.82, 2.24) is 9.97 Å². The fourth-order valence-corrected chi connectivity index (χ4v) is 2.67. The van der Waals surface area contributed by atoms with Crippen molar-refractivity contribution in [3.8, 4) is 0 Å². The number of hydrogen-bond donors (Lipinski definition) is 0. The molecule has 1 aromatic carbocycles. The maximum absolute atomic E-state index is 5.98. The van der Waals surface area contributed by atoms with Gasteiger partial charge in [0, 0.05) is 32.1 Å². The van der Waals surface area contributed by atoms with Crippen molar-refractivity contribution in [3.63, 3.8) is 0 Å². The van der Waals surface area contributed by atoms with Crippen LogP contribution in [0.15, 0.2) is 48.8 Å². The van der Waals surface area contributed by atoms with Crippen molar-refractivity contribution in [2.45, 2.75) is 25.4 Å². The molecular formula is C17H21N3O. The number of nitrogens with zero attached hydrogens (tertiary/aromatic N) is 3. The summed E-state index contributed by atoms with van der Waals surface area (Å²) in [5.41, 5.74) is 1.38. The van der Waals surface area contributed by atoms with Gasteiger partial charge in [-0.3, -0.25) is 0 Å². The molecule has 1 aliphatic rings. The maximum atomic E-state index is 5.98. The zero-order chi connectivity index (χ0) is 14.3. The smallest absolute Gasteiger partial charge is 0.225 e. The highest BCUT2D eigenvalue weighted by Crippen LogP contribution is 2.17. The first-order valence-corrected chi connectivity index (χ1v) is 7.59. The first-order chi connectivity index (χ1) is 10.4.